The van der Waals surface area contributed by atoms with Gasteiger partial charge in [-0.2, -0.15) is 0 Å². The molecule has 0 fully saturated rings. The van der Waals surface area contributed by atoms with E-state index in [1.54, 1.807) is 31.8 Å². The summed E-state index contributed by atoms with van der Waals surface area (Å²) in [6, 6.07) is 13.5. The zero-order valence-electron chi connectivity index (χ0n) is 15.5. The molecule has 0 unspecified atom stereocenters. The lowest BCUT2D eigenvalue weighted by molar-refractivity contribution is -0.132. The number of rotatable bonds is 9. The van der Waals surface area contributed by atoms with Gasteiger partial charge >= 0.3 is 0 Å². The summed E-state index contributed by atoms with van der Waals surface area (Å²) < 4.78 is 16.0. The molecule has 1 aromatic carbocycles. The van der Waals surface area contributed by atoms with E-state index in [1.807, 2.05) is 52.7 Å². The molecule has 0 N–H and O–H groups in total. The minimum Gasteiger partial charge on any atom is -0.497 e. The summed E-state index contributed by atoms with van der Waals surface area (Å²) in [6.07, 6.45) is 2.65. The monoisotopic (exact) mass is 385 g/mol. The molecule has 0 bridgehead atoms. The summed E-state index contributed by atoms with van der Waals surface area (Å²) >= 11 is 1.65. The third kappa shape index (κ3) is 5.37. The Morgan fingerprint density at radius 1 is 1.07 bits per heavy atom. The number of benzene rings is 1. The van der Waals surface area contributed by atoms with Crippen LogP contribution in [0.15, 0.2) is 58.5 Å². The van der Waals surface area contributed by atoms with E-state index in [-0.39, 0.29) is 5.91 Å². The van der Waals surface area contributed by atoms with Gasteiger partial charge in [0.05, 0.1) is 33.6 Å². The van der Waals surface area contributed by atoms with Crippen molar-refractivity contribution in [2.75, 3.05) is 14.2 Å². The molecule has 2 heterocycles. The predicted octanol–water partition coefficient (Wildman–Crippen LogP) is 4.52. The standard InChI is InChI=1S/C21H23NO4S/c1-24-18-11-16(12-19(13-18)25-2)7-8-21(23)22(14-17-5-3-9-26-17)15-20-6-4-10-27-20/h3-6,9-13H,7-8,14-15H2,1-2H3. The highest BCUT2D eigenvalue weighted by molar-refractivity contribution is 7.09. The second-order valence-electron chi connectivity index (χ2n) is 6.13. The predicted molar refractivity (Wildman–Crippen MR) is 105 cm³/mol. The molecule has 142 valence electrons. The number of carbonyl (C=O) groups is 1. The van der Waals surface area contributed by atoms with Gasteiger partial charge in [-0.15, -0.1) is 11.3 Å². The van der Waals surface area contributed by atoms with Crippen LogP contribution >= 0.6 is 11.3 Å². The molecule has 0 saturated heterocycles. The van der Waals surface area contributed by atoms with Crippen molar-refractivity contribution in [3.8, 4) is 11.5 Å². The quantitative estimate of drug-likeness (QED) is 0.543. The number of amides is 1. The Balaban J connectivity index is 1.68. The maximum atomic E-state index is 12.9. The van der Waals surface area contributed by atoms with Crippen molar-refractivity contribution in [3.63, 3.8) is 0 Å². The van der Waals surface area contributed by atoms with Gasteiger partial charge in [-0.3, -0.25) is 4.79 Å². The number of hydrogen-bond acceptors (Lipinski definition) is 5. The van der Waals surface area contributed by atoms with Crippen LogP contribution in [-0.4, -0.2) is 25.0 Å². The van der Waals surface area contributed by atoms with E-state index in [0.29, 0.717) is 25.9 Å². The van der Waals surface area contributed by atoms with Gasteiger partial charge in [-0.25, -0.2) is 0 Å². The zero-order valence-corrected chi connectivity index (χ0v) is 16.3. The molecule has 2 aromatic heterocycles. The normalized spacial score (nSPS) is 10.6. The third-order valence-corrected chi connectivity index (χ3v) is 5.11. The molecule has 0 aliphatic carbocycles. The van der Waals surface area contributed by atoms with E-state index in [9.17, 15) is 4.79 Å². The second-order valence-corrected chi connectivity index (χ2v) is 7.16. The molecule has 0 radical (unpaired) electrons. The molecule has 3 aromatic rings. The molecular weight excluding hydrogens is 362 g/mol. The Morgan fingerprint density at radius 2 is 1.85 bits per heavy atom. The van der Waals surface area contributed by atoms with Crippen molar-refractivity contribution in [3.05, 3.63) is 70.3 Å². The second kappa shape index (κ2) is 9.28. The molecule has 27 heavy (non-hydrogen) atoms. The Morgan fingerprint density at radius 3 is 2.44 bits per heavy atom. The van der Waals surface area contributed by atoms with E-state index in [4.69, 9.17) is 13.9 Å². The van der Waals surface area contributed by atoms with Gasteiger partial charge in [0.2, 0.25) is 5.91 Å². The van der Waals surface area contributed by atoms with Gasteiger partial charge in [-0.05, 0) is 47.7 Å². The van der Waals surface area contributed by atoms with Gasteiger partial charge in [0.15, 0.2) is 0 Å². The van der Waals surface area contributed by atoms with Crippen molar-refractivity contribution >= 4 is 17.2 Å². The van der Waals surface area contributed by atoms with Crippen LogP contribution in [-0.2, 0) is 24.3 Å². The van der Waals surface area contributed by atoms with Crippen molar-refractivity contribution < 1.29 is 18.7 Å². The number of carbonyl (C=O) groups excluding carboxylic acids is 1. The SMILES string of the molecule is COc1cc(CCC(=O)N(Cc2ccco2)Cc2cccs2)cc(OC)c1. The van der Waals surface area contributed by atoms with Crippen molar-refractivity contribution in [2.45, 2.75) is 25.9 Å². The molecule has 0 aliphatic rings. The maximum absolute atomic E-state index is 12.9. The summed E-state index contributed by atoms with van der Waals surface area (Å²) in [5.41, 5.74) is 1.01. The van der Waals surface area contributed by atoms with E-state index in [2.05, 4.69) is 0 Å². The van der Waals surface area contributed by atoms with Crippen LogP contribution < -0.4 is 9.47 Å². The molecule has 0 atom stereocenters. The fourth-order valence-electron chi connectivity index (χ4n) is 2.83. The first kappa shape index (κ1) is 19.0. The van der Waals surface area contributed by atoms with Crippen LogP contribution in [0, 0.1) is 0 Å². The zero-order chi connectivity index (χ0) is 19.1. The highest BCUT2D eigenvalue weighted by Crippen LogP contribution is 2.24. The average molecular weight is 385 g/mol. The van der Waals surface area contributed by atoms with Gasteiger partial charge in [0.1, 0.15) is 17.3 Å². The van der Waals surface area contributed by atoms with Gasteiger partial charge in [0, 0.05) is 17.4 Å². The summed E-state index contributed by atoms with van der Waals surface area (Å²) in [6.45, 7) is 1.05. The number of ether oxygens (including phenoxy) is 2. The minimum absolute atomic E-state index is 0.0848. The van der Waals surface area contributed by atoms with Crippen LogP contribution in [0.4, 0.5) is 0 Å². The number of furan rings is 1. The topological polar surface area (TPSA) is 51.9 Å². The molecule has 3 rings (SSSR count). The minimum atomic E-state index is 0.0848. The van der Waals surface area contributed by atoms with Crippen LogP contribution in [0.25, 0.3) is 0 Å². The lowest BCUT2D eigenvalue weighted by Crippen LogP contribution is -2.29. The van der Waals surface area contributed by atoms with Crippen LogP contribution in [0.2, 0.25) is 0 Å². The fraction of sp³-hybridized carbons (Fsp3) is 0.286. The molecule has 0 spiro atoms. The van der Waals surface area contributed by atoms with E-state index in [0.717, 1.165) is 27.7 Å². The Hall–Kier alpha value is -2.73. The molecule has 6 heteroatoms. The summed E-state index contributed by atoms with van der Waals surface area (Å²) in [5.74, 6) is 2.31. The average Bonchev–Trinajstić information content (AvgIpc) is 3.39. The highest BCUT2D eigenvalue weighted by atomic mass is 32.1. The third-order valence-electron chi connectivity index (χ3n) is 4.25. The van der Waals surface area contributed by atoms with Gasteiger partial charge in [0.25, 0.3) is 0 Å². The largest absolute Gasteiger partial charge is 0.497 e. The summed E-state index contributed by atoms with van der Waals surface area (Å²) in [4.78, 5) is 15.9. The maximum Gasteiger partial charge on any atom is 0.223 e. The van der Waals surface area contributed by atoms with Gasteiger partial charge < -0.3 is 18.8 Å². The Bertz CT molecular complexity index is 785. The molecule has 1 amide bonds. The number of aryl methyl sites for hydroxylation is 1. The van der Waals surface area contributed by atoms with Crippen LogP contribution in [0.5, 0.6) is 11.5 Å². The highest BCUT2D eigenvalue weighted by Gasteiger charge is 2.17. The summed E-state index contributed by atoms with van der Waals surface area (Å²) in [7, 11) is 3.24. The number of thiophene rings is 1. The molecule has 5 nitrogen and oxygen atoms in total. The first-order chi connectivity index (χ1) is 13.2. The number of methoxy groups -OCH3 is 2. The van der Waals surface area contributed by atoms with Crippen molar-refractivity contribution in [2.24, 2.45) is 0 Å². The lowest BCUT2D eigenvalue weighted by Gasteiger charge is -2.21. The Kier molecular flexibility index (Phi) is 6.54. The van der Waals surface area contributed by atoms with E-state index >= 15 is 0 Å². The molecule has 0 aliphatic heterocycles. The van der Waals surface area contributed by atoms with Crippen LogP contribution in [0.1, 0.15) is 22.6 Å². The fourth-order valence-corrected chi connectivity index (χ4v) is 3.55. The van der Waals surface area contributed by atoms with Crippen molar-refractivity contribution in [1.82, 2.24) is 4.90 Å². The summed E-state index contributed by atoms with van der Waals surface area (Å²) in [5, 5.41) is 2.02. The Labute approximate surface area is 163 Å². The smallest absolute Gasteiger partial charge is 0.223 e. The first-order valence-electron chi connectivity index (χ1n) is 8.72. The van der Waals surface area contributed by atoms with Gasteiger partial charge in [-0.1, -0.05) is 6.07 Å². The van der Waals surface area contributed by atoms with E-state index in [1.165, 1.54) is 0 Å². The van der Waals surface area contributed by atoms with Crippen molar-refractivity contribution in [1.29, 1.82) is 0 Å². The number of nitrogens with zero attached hydrogens (tertiary/aromatic N) is 1. The van der Waals surface area contributed by atoms with Crippen LogP contribution in [0.3, 0.4) is 0 Å². The lowest BCUT2D eigenvalue weighted by atomic mass is 10.1. The first-order valence-corrected chi connectivity index (χ1v) is 9.60. The number of hydrogen-bond donors (Lipinski definition) is 0. The van der Waals surface area contributed by atoms with E-state index < -0.39 is 0 Å². The molecule has 0 saturated carbocycles. The molecular formula is C21H23NO4S.